The Morgan fingerprint density at radius 3 is 2.41 bits per heavy atom. The molecule has 2 N–H and O–H groups in total. The molecule has 0 aromatic heterocycles. The number of carbonyl (C=O) groups excluding carboxylic acids is 1. The fraction of sp³-hybridized carbons (Fsp3) is 0.556. The normalized spacial score (nSPS) is 17.4. The SMILES string of the molecule is COC(CNC(=O)C1CCN(S(=O)(=O)c2ccc(C)c(C)c2)CC1)C(=O)O. The number of piperidine rings is 1. The summed E-state index contributed by atoms with van der Waals surface area (Å²) < 4.78 is 31.8. The van der Waals surface area contributed by atoms with Crippen molar-refractivity contribution in [2.75, 3.05) is 26.7 Å². The number of nitrogens with zero attached hydrogens (tertiary/aromatic N) is 1. The minimum Gasteiger partial charge on any atom is -0.479 e. The molecule has 0 radical (unpaired) electrons. The fourth-order valence-electron chi connectivity index (χ4n) is 2.99. The topological polar surface area (TPSA) is 113 Å². The molecule has 0 aliphatic carbocycles. The number of carbonyl (C=O) groups is 2. The molecule has 27 heavy (non-hydrogen) atoms. The summed E-state index contributed by atoms with van der Waals surface area (Å²) in [5.41, 5.74) is 1.94. The summed E-state index contributed by atoms with van der Waals surface area (Å²) in [6.45, 7) is 4.18. The molecule has 9 heteroatoms. The summed E-state index contributed by atoms with van der Waals surface area (Å²) >= 11 is 0. The maximum absolute atomic E-state index is 12.8. The average Bonchev–Trinajstić information content (AvgIpc) is 2.64. The fourth-order valence-corrected chi connectivity index (χ4v) is 4.55. The zero-order chi connectivity index (χ0) is 20.2. The lowest BCUT2D eigenvalue weighted by atomic mass is 9.97. The molecule has 1 atom stereocenters. The van der Waals surface area contributed by atoms with Gasteiger partial charge in [-0.1, -0.05) is 6.07 Å². The number of rotatable bonds is 7. The van der Waals surface area contributed by atoms with Crippen LogP contribution in [0.3, 0.4) is 0 Å². The van der Waals surface area contributed by atoms with Crippen LogP contribution in [0.4, 0.5) is 0 Å². The van der Waals surface area contributed by atoms with Crippen LogP contribution in [0.1, 0.15) is 24.0 Å². The van der Waals surface area contributed by atoms with Crippen LogP contribution < -0.4 is 5.32 Å². The van der Waals surface area contributed by atoms with Crippen molar-refractivity contribution in [1.29, 1.82) is 0 Å². The van der Waals surface area contributed by atoms with Gasteiger partial charge in [0.1, 0.15) is 0 Å². The molecule has 8 nitrogen and oxygen atoms in total. The Kier molecular flexibility index (Phi) is 6.96. The van der Waals surface area contributed by atoms with Crippen LogP contribution >= 0.6 is 0 Å². The van der Waals surface area contributed by atoms with Crippen molar-refractivity contribution in [2.45, 2.75) is 37.7 Å². The van der Waals surface area contributed by atoms with E-state index in [1.807, 2.05) is 13.8 Å². The summed E-state index contributed by atoms with van der Waals surface area (Å²) in [7, 11) is -2.32. The van der Waals surface area contributed by atoms with Crippen LogP contribution in [0.2, 0.25) is 0 Å². The molecular formula is C18H26N2O6S. The van der Waals surface area contributed by atoms with Gasteiger partial charge in [-0.25, -0.2) is 13.2 Å². The third-order valence-corrected chi connectivity index (χ3v) is 6.86. The monoisotopic (exact) mass is 398 g/mol. The molecule has 1 aliphatic rings. The van der Waals surface area contributed by atoms with E-state index in [4.69, 9.17) is 9.84 Å². The molecule has 1 heterocycles. The number of hydrogen-bond donors (Lipinski definition) is 2. The number of hydrogen-bond acceptors (Lipinski definition) is 5. The number of ether oxygens (including phenoxy) is 1. The van der Waals surface area contributed by atoms with Crippen LogP contribution in [-0.2, 0) is 24.3 Å². The average molecular weight is 398 g/mol. The quantitative estimate of drug-likeness (QED) is 0.706. The van der Waals surface area contributed by atoms with Crippen molar-refractivity contribution < 1.29 is 27.9 Å². The van der Waals surface area contributed by atoms with E-state index in [9.17, 15) is 18.0 Å². The number of carboxylic acids is 1. The van der Waals surface area contributed by atoms with Gasteiger partial charge in [0.05, 0.1) is 11.4 Å². The van der Waals surface area contributed by atoms with Gasteiger partial charge in [-0.3, -0.25) is 4.79 Å². The van der Waals surface area contributed by atoms with Crippen LogP contribution in [0.25, 0.3) is 0 Å². The van der Waals surface area contributed by atoms with Gasteiger partial charge in [0.25, 0.3) is 0 Å². The summed E-state index contributed by atoms with van der Waals surface area (Å²) in [5, 5.41) is 11.5. The van der Waals surface area contributed by atoms with Gasteiger partial charge in [0, 0.05) is 26.1 Å². The molecule has 0 bridgehead atoms. The molecule has 0 saturated carbocycles. The Hall–Kier alpha value is -1.97. The number of benzene rings is 1. The molecule has 1 saturated heterocycles. The van der Waals surface area contributed by atoms with Crippen molar-refractivity contribution >= 4 is 21.9 Å². The van der Waals surface area contributed by atoms with Crippen molar-refractivity contribution in [2.24, 2.45) is 5.92 Å². The van der Waals surface area contributed by atoms with Gasteiger partial charge in [0.2, 0.25) is 15.9 Å². The standard InChI is InChI=1S/C18H26N2O6S/c1-12-4-5-15(10-13(12)2)27(24,25)20-8-6-14(7-9-20)17(21)19-11-16(26-3)18(22)23/h4-5,10,14,16H,6-9,11H2,1-3H3,(H,19,21)(H,22,23). The second-order valence-electron chi connectivity index (χ2n) is 6.73. The van der Waals surface area contributed by atoms with Crippen molar-refractivity contribution in [1.82, 2.24) is 9.62 Å². The number of methoxy groups -OCH3 is 1. The number of aliphatic carboxylic acids is 1. The van der Waals surface area contributed by atoms with Crippen LogP contribution in [0.5, 0.6) is 0 Å². The second kappa shape index (κ2) is 8.81. The first-order valence-corrected chi connectivity index (χ1v) is 10.2. The van der Waals surface area contributed by atoms with Crippen LogP contribution in [0.15, 0.2) is 23.1 Å². The predicted octanol–water partition coefficient (Wildman–Crippen LogP) is 0.920. The zero-order valence-electron chi connectivity index (χ0n) is 15.8. The van der Waals surface area contributed by atoms with Crippen molar-refractivity contribution in [3.05, 3.63) is 29.3 Å². The highest BCUT2D eigenvalue weighted by molar-refractivity contribution is 7.89. The lowest BCUT2D eigenvalue weighted by Gasteiger charge is -2.30. The smallest absolute Gasteiger partial charge is 0.334 e. The lowest BCUT2D eigenvalue weighted by molar-refractivity contribution is -0.148. The van der Waals surface area contributed by atoms with Gasteiger partial charge in [-0.05, 0) is 49.9 Å². The predicted molar refractivity (Wildman–Crippen MR) is 98.8 cm³/mol. The highest BCUT2D eigenvalue weighted by atomic mass is 32.2. The van der Waals surface area contributed by atoms with Crippen molar-refractivity contribution in [3.63, 3.8) is 0 Å². The van der Waals surface area contributed by atoms with E-state index in [0.29, 0.717) is 12.8 Å². The summed E-state index contributed by atoms with van der Waals surface area (Å²) in [5.74, 6) is -1.77. The van der Waals surface area contributed by atoms with Crippen LogP contribution in [0, 0.1) is 19.8 Å². The number of amides is 1. The van der Waals surface area contributed by atoms with Gasteiger partial charge >= 0.3 is 5.97 Å². The largest absolute Gasteiger partial charge is 0.479 e. The van der Waals surface area contributed by atoms with Gasteiger partial charge in [0.15, 0.2) is 6.10 Å². The summed E-state index contributed by atoms with van der Waals surface area (Å²) in [4.78, 5) is 23.4. The number of aryl methyl sites for hydroxylation is 2. The minimum absolute atomic E-state index is 0.119. The molecule has 1 fully saturated rings. The highest BCUT2D eigenvalue weighted by Gasteiger charge is 2.32. The number of carboxylic acid groups (broad SMARTS) is 1. The summed E-state index contributed by atoms with van der Waals surface area (Å²) in [6, 6.07) is 5.06. The van der Waals surface area contributed by atoms with Crippen LogP contribution in [-0.4, -0.2) is 62.6 Å². The Morgan fingerprint density at radius 1 is 1.26 bits per heavy atom. The van der Waals surface area contributed by atoms with E-state index in [0.717, 1.165) is 11.1 Å². The molecular weight excluding hydrogens is 372 g/mol. The first kappa shape index (κ1) is 21.3. The second-order valence-corrected chi connectivity index (χ2v) is 8.67. The highest BCUT2D eigenvalue weighted by Crippen LogP contribution is 2.25. The van der Waals surface area contributed by atoms with E-state index in [-0.39, 0.29) is 36.4 Å². The van der Waals surface area contributed by atoms with E-state index in [1.54, 1.807) is 18.2 Å². The molecule has 0 spiro atoms. The Balaban J connectivity index is 1.95. The number of sulfonamides is 1. The molecule has 1 unspecified atom stereocenters. The van der Waals surface area contributed by atoms with Gasteiger partial charge in [-0.2, -0.15) is 4.31 Å². The molecule has 1 amide bonds. The van der Waals surface area contributed by atoms with Gasteiger partial charge in [-0.15, -0.1) is 0 Å². The Labute approximate surface area is 159 Å². The first-order valence-electron chi connectivity index (χ1n) is 8.77. The summed E-state index contributed by atoms with van der Waals surface area (Å²) in [6.07, 6.45) is -0.319. The van der Waals surface area contributed by atoms with E-state index in [1.165, 1.54) is 11.4 Å². The molecule has 1 aromatic carbocycles. The maximum atomic E-state index is 12.8. The molecule has 150 valence electrons. The van der Waals surface area contributed by atoms with E-state index >= 15 is 0 Å². The lowest BCUT2D eigenvalue weighted by Crippen LogP contribution is -2.45. The molecule has 1 aliphatic heterocycles. The minimum atomic E-state index is -3.59. The maximum Gasteiger partial charge on any atom is 0.334 e. The third kappa shape index (κ3) is 5.06. The molecule has 1 aromatic rings. The van der Waals surface area contributed by atoms with E-state index in [2.05, 4.69) is 5.32 Å². The van der Waals surface area contributed by atoms with E-state index < -0.39 is 22.1 Å². The third-order valence-electron chi connectivity index (χ3n) is 4.96. The Bertz CT molecular complexity index is 800. The Morgan fingerprint density at radius 2 is 1.89 bits per heavy atom. The number of nitrogens with one attached hydrogen (secondary N) is 1. The van der Waals surface area contributed by atoms with Gasteiger partial charge < -0.3 is 15.2 Å². The zero-order valence-corrected chi connectivity index (χ0v) is 16.6. The van der Waals surface area contributed by atoms with Crippen molar-refractivity contribution in [3.8, 4) is 0 Å². The molecule has 2 rings (SSSR count). The first-order chi connectivity index (χ1) is 12.7.